The van der Waals surface area contributed by atoms with Crippen molar-refractivity contribution in [3.05, 3.63) is 22.8 Å². The number of rotatable bonds is 5. The zero-order chi connectivity index (χ0) is 15.3. The number of esters is 1. The third-order valence-electron chi connectivity index (χ3n) is 2.47. The van der Waals surface area contributed by atoms with E-state index in [4.69, 9.17) is 16.3 Å². The van der Waals surface area contributed by atoms with Gasteiger partial charge in [-0.1, -0.05) is 11.6 Å². The van der Waals surface area contributed by atoms with Crippen LogP contribution in [0.3, 0.4) is 0 Å². The van der Waals surface area contributed by atoms with E-state index in [0.29, 0.717) is 6.20 Å². The third kappa shape index (κ3) is 4.56. The zero-order valence-corrected chi connectivity index (χ0v) is 11.8. The van der Waals surface area contributed by atoms with E-state index in [1.165, 1.54) is 4.90 Å². The fourth-order valence-electron chi connectivity index (χ4n) is 1.46. The number of carbonyl (C=O) groups is 1. The van der Waals surface area contributed by atoms with Gasteiger partial charge in [0.25, 0.3) is 0 Å². The van der Waals surface area contributed by atoms with Crippen molar-refractivity contribution < 1.29 is 22.7 Å². The SMILES string of the molecule is CCOC(=O)CCN(C)c1ncc(C(F)(F)F)cc1Cl. The van der Waals surface area contributed by atoms with Gasteiger partial charge in [0.2, 0.25) is 0 Å². The quantitative estimate of drug-likeness (QED) is 0.784. The minimum Gasteiger partial charge on any atom is -0.466 e. The second-order valence-electron chi connectivity index (χ2n) is 4.00. The third-order valence-corrected chi connectivity index (χ3v) is 2.75. The number of carbonyl (C=O) groups excluding carboxylic acids is 1. The van der Waals surface area contributed by atoms with Gasteiger partial charge < -0.3 is 9.64 Å². The van der Waals surface area contributed by atoms with E-state index in [2.05, 4.69) is 4.98 Å². The largest absolute Gasteiger partial charge is 0.466 e. The molecule has 0 aliphatic carbocycles. The predicted octanol–water partition coefficient (Wildman–Crippen LogP) is 3.14. The van der Waals surface area contributed by atoms with Crippen LogP contribution < -0.4 is 4.90 Å². The monoisotopic (exact) mass is 310 g/mol. The second kappa shape index (κ2) is 6.78. The molecule has 0 N–H and O–H groups in total. The molecular weight excluding hydrogens is 297 g/mol. The van der Waals surface area contributed by atoms with Gasteiger partial charge in [0, 0.05) is 19.8 Å². The molecule has 0 unspecified atom stereocenters. The van der Waals surface area contributed by atoms with Gasteiger partial charge in [-0.15, -0.1) is 0 Å². The molecule has 112 valence electrons. The van der Waals surface area contributed by atoms with Crippen LogP contribution in [0.5, 0.6) is 0 Å². The molecule has 0 fully saturated rings. The Morgan fingerprint density at radius 1 is 1.50 bits per heavy atom. The highest BCUT2D eigenvalue weighted by Crippen LogP contribution is 2.33. The average Bonchev–Trinajstić information content (AvgIpc) is 2.35. The molecule has 20 heavy (non-hydrogen) atoms. The molecule has 0 saturated carbocycles. The molecule has 8 heteroatoms. The van der Waals surface area contributed by atoms with Gasteiger partial charge in [0.15, 0.2) is 0 Å². The average molecular weight is 311 g/mol. The maximum absolute atomic E-state index is 12.5. The first-order chi connectivity index (χ1) is 9.25. The first-order valence-corrected chi connectivity index (χ1v) is 6.23. The number of nitrogens with zero attached hydrogens (tertiary/aromatic N) is 2. The molecule has 0 spiro atoms. The highest BCUT2D eigenvalue weighted by atomic mass is 35.5. The van der Waals surface area contributed by atoms with Crippen molar-refractivity contribution in [2.45, 2.75) is 19.5 Å². The molecule has 0 bridgehead atoms. The lowest BCUT2D eigenvalue weighted by Crippen LogP contribution is -2.23. The Morgan fingerprint density at radius 2 is 2.15 bits per heavy atom. The molecule has 0 aliphatic heterocycles. The standard InChI is InChI=1S/C12H14ClF3N2O2/c1-3-20-10(19)4-5-18(2)11-9(13)6-8(7-17-11)12(14,15)16/h6-7H,3-5H2,1-2H3. The molecule has 0 saturated heterocycles. The Hall–Kier alpha value is -1.50. The number of hydrogen-bond donors (Lipinski definition) is 0. The van der Waals surface area contributed by atoms with Gasteiger partial charge in [-0.3, -0.25) is 4.79 Å². The van der Waals surface area contributed by atoms with Crippen LogP contribution in [0.25, 0.3) is 0 Å². The molecule has 0 atom stereocenters. The molecular formula is C12H14ClF3N2O2. The lowest BCUT2D eigenvalue weighted by molar-refractivity contribution is -0.142. The Balaban J connectivity index is 2.74. The fourth-order valence-corrected chi connectivity index (χ4v) is 1.78. The molecule has 0 amide bonds. The number of halogens is 4. The van der Waals surface area contributed by atoms with Crippen LogP contribution in [0, 0.1) is 0 Å². The summed E-state index contributed by atoms with van der Waals surface area (Å²) in [6, 6.07) is 0.810. The number of hydrogen-bond acceptors (Lipinski definition) is 4. The number of ether oxygens (including phenoxy) is 1. The summed E-state index contributed by atoms with van der Waals surface area (Å²) in [5.41, 5.74) is -0.912. The summed E-state index contributed by atoms with van der Waals surface area (Å²) in [6.45, 7) is 2.22. The summed E-state index contributed by atoms with van der Waals surface area (Å²) < 4.78 is 42.2. The first kappa shape index (κ1) is 16.6. The highest BCUT2D eigenvalue weighted by Gasteiger charge is 2.31. The molecule has 1 heterocycles. The normalized spacial score (nSPS) is 11.3. The number of pyridine rings is 1. The second-order valence-corrected chi connectivity index (χ2v) is 4.41. The van der Waals surface area contributed by atoms with Gasteiger partial charge in [0.1, 0.15) is 5.82 Å². The van der Waals surface area contributed by atoms with Gasteiger partial charge in [-0.2, -0.15) is 13.2 Å². The summed E-state index contributed by atoms with van der Waals surface area (Å²) in [7, 11) is 1.58. The van der Waals surface area contributed by atoms with Crippen molar-refractivity contribution in [1.82, 2.24) is 4.98 Å². The highest BCUT2D eigenvalue weighted by molar-refractivity contribution is 6.33. The van der Waals surface area contributed by atoms with Gasteiger partial charge >= 0.3 is 12.1 Å². The van der Waals surface area contributed by atoms with Gasteiger partial charge in [-0.25, -0.2) is 4.98 Å². The van der Waals surface area contributed by atoms with Crippen molar-refractivity contribution in [2.75, 3.05) is 25.1 Å². The van der Waals surface area contributed by atoms with Crippen molar-refractivity contribution in [3.63, 3.8) is 0 Å². The molecule has 0 radical (unpaired) electrons. The summed E-state index contributed by atoms with van der Waals surface area (Å²) in [6.07, 6.45) is -3.68. The van der Waals surface area contributed by atoms with E-state index in [9.17, 15) is 18.0 Å². The molecule has 1 rings (SSSR count). The topological polar surface area (TPSA) is 42.4 Å². The van der Waals surface area contributed by atoms with E-state index >= 15 is 0 Å². The first-order valence-electron chi connectivity index (χ1n) is 5.85. The number of alkyl halides is 3. The van der Waals surface area contributed by atoms with Gasteiger partial charge in [-0.05, 0) is 13.0 Å². The van der Waals surface area contributed by atoms with E-state index in [1.54, 1.807) is 14.0 Å². The van der Waals surface area contributed by atoms with Crippen molar-refractivity contribution in [1.29, 1.82) is 0 Å². The van der Waals surface area contributed by atoms with Crippen LogP contribution in [-0.2, 0) is 15.7 Å². The smallest absolute Gasteiger partial charge is 0.417 e. The van der Waals surface area contributed by atoms with E-state index in [-0.39, 0.29) is 36.4 Å². The van der Waals surface area contributed by atoms with E-state index in [1.807, 2.05) is 0 Å². The van der Waals surface area contributed by atoms with Crippen LogP contribution in [0.15, 0.2) is 12.3 Å². The zero-order valence-electron chi connectivity index (χ0n) is 11.0. The summed E-state index contributed by atoms with van der Waals surface area (Å²) in [5.74, 6) is -0.202. The maximum atomic E-state index is 12.5. The molecule has 1 aromatic rings. The van der Waals surface area contributed by atoms with Crippen LogP contribution >= 0.6 is 11.6 Å². The predicted molar refractivity (Wildman–Crippen MR) is 68.8 cm³/mol. The molecule has 1 aromatic heterocycles. The Bertz CT molecular complexity index is 480. The Labute approximate surface area is 119 Å². The van der Waals surface area contributed by atoms with E-state index < -0.39 is 11.7 Å². The summed E-state index contributed by atoms with van der Waals surface area (Å²) in [5, 5.41) is -0.119. The maximum Gasteiger partial charge on any atom is 0.417 e. The fraction of sp³-hybridized carbons (Fsp3) is 0.500. The van der Waals surface area contributed by atoms with Crippen molar-refractivity contribution >= 4 is 23.4 Å². The summed E-state index contributed by atoms with van der Waals surface area (Å²) in [4.78, 5) is 16.4. The lowest BCUT2D eigenvalue weighted by atomic mass is 10.2. The van der Waals surface area contributed by atoms with Crippen LogP contribution in [-0.4, -0.2) is 31.2 Å². The van der Waals surface area contributed by atoms with Crippen molar-refractivity contribution in [2.24, 2.45) is 0 Å². The molecule has 0 aliphatic rings. The number of aromatic nitrogens is 1. The lowest BCUT2D eigenvalue weighted by Gasteiger charge is -2.19. The molecule has 0 aromatic carbocycles. The van der Waals surface area contributed by atoms with Gasteiger partial charge in [0.05, 0.1) is 23.6 Å². The van der Waals surface area contributed by atoms with Crippen LogP contribution in [0.1, 0.15) is 18.9 Å². The Morgan fingerprint density at radius 3 is 2.65 bits per heavy atom. The van der Waals surface area contributed by atoms with E-state index in [0.717, 1.165) is 6.07 Å². The van der Waals surface area contributed by atoms with Crippen LogP contribution in [0.4, 0.5) is 19.0 Å². The minimum absolute atomic E-state index is 0.101. The van der Waals surface area contributed by atoms with Crippen molar-refractivity contribution in [3.8, 4) is 0 Å². The van der Waals surface area contributed by atoms with Crippen LogP contribution in [0.2, 0.25) is 5.02 Å². The number of anilines is 1. The summed E-state index contributed by atoms with van der Waals surface area (Å²) >= 11 is 5.79. The minimum atomic E-state index is -4.49. The Kier molecular flexibility index (Phi) is 5.62. The molecule has 4 nitrogen and oxygen atoms in total.